The molecule has 0 radical (unpaired) electrons. The highest BCUT2D eigenvalue weighted by molar-refractivity contribution is 7.67. The molecule has 0 aliphatic carbocycles. The highest BCUT2D eigenvalue weighted by Crippen LogP contribution is 2.28. The van der Waals surface area contributed by atoms with Crippen molar-refractivity contribution < 1.29 is 27.2 Å². The Morgan fingerprint density at radius 1 is 1.21 bits per heavy atom. The summed E-state index contributed by atoms with van der Waals surface area (Å²) in [5.41, 5.74) is 1.76. The number of carboxylic acid groups (broad SMARTS) is 1. The summed E-state index contributed by atoms with van der Waals surface area (Å²) >= 11 is 0. The number of aryl methyl sites for hydroxylation is 1. The number of benzene rings is 1. The third-order valence-electron chi connectivity index (χ3n) is 4.81. The number of thiol groups is 1. The summed E-state index contributed by atoms with van der Waals surface area (Å²) in [6, 6.07) is 7.65. The van der Waals surface area contributed by atoms with Crippen molar-refractivity contribution in [1.82, 2.24) is 9.47 Å². The molecule has 0 saturated carbocycles. The van der Waals surface area contributed by atoms with Gasteiger partial charge in [-0.3, -0.25) is 13.9 Å². The van der Waals surface area contributed by atoms with Crippen LogP contribution in [-0.4, -0.2) is 75.1 Å². The van der Waals surface area contributed by atoms with Crippen molar-refractivity contribution in [3.05, 3.63) is 30.5 Å². The fourth-order valence-corrected chi connectivity index (χ4v) is 3.59. The van der Waals surface area contributed by atoms with Crippen molar-refractivity contribution in [1.29, 1.82) is 0 Å². The van der Waals surface area contributed by atoms with Crippen molar-refractivity contribution in [2.75, 3.05) is 51.0 Å². The predicted molar refractivity (Wildman–Crippen MR) is 105 cm³/mol. The van der Waals surface area contributed by atoms with E-state index in [1.807, 2.05) is 39.9 Å². The molecule has 0 bridgehead atoms. The minimum Gasteiger partial charge on any atom is -0.481 e. The van der Waals surface area contributed by atoms with Crippen molar-refractivity contribution in [3.63, 3.8) is 0 Å². The summed E-state index contributed by atoms with van der Waals surface area (Å²) in [7, 11) is -2.95. The normalized spacial score (nSPS) is 15.3. The van der Waals surface area contributed by atoms with Crippen LogP contribution in [0.25, 0.3) is 10.9 Å². The van der Waals surface area contributed by atoms with Crippen LogP contribution in [0.5, 0.6) is 0 Å². The summed E-state index contributed by atoms with van der Waals surface area (Å²) < 4.78 is 34.1. The summed E-state index contributed by atoms with van der Waals surface area (Å²) in [6.07, 6.45) is 1.89. The molecule has 2 heterocycles. The summed E-state index contributed by atoms with van der Waals surface area (Å²) in [6.45, 7) is 4.76. The quantitative estimate of drug-likeness (QED) is 0.436. The lowest BCUT2D eigenvalue weighted by atomic mass is 10.2. The number of anilines is 1. The number of aromatic nitrogens is 1. The van der Waals surface area contributed by atoms with Crippen LogP contribution in [0.1, 0.15) is 6.42 Å². The van der Waals surface area contributed by atoms with E-state index in [1.165, 1.54) is 0 Å². The number of aliphatic carboxylic acids is 1. The van der Waals surface area contributed by atoms with Gasteiger partial charge in [-0.05, 0) is 18.2 Å². The second-order valence-electron chi connectivity index (χ2n) is 6.56. The van der Waals surface area contributed by atoms with Crippen LogP contribution in [0.15, 0.2) is 30.5 Å². The van der Waals surface area contributed by atoms with Crippen LogP contribution in [-0.2, 0) is 31.2 Å². The molecule has 28 heavy (non-hydrogen) atoms. The topological polar surface area (TPSA) is 101 Å². The largest absolute Gasteiger partial charge is 0.481 e. The molecule has 1 aromatic heterocycles. The van der Waals surface area contributed by atoms with Gasteiger partial charge in [0.05, 0.1) is 25.2 Å². The molecule has 154 valence electrons. The third kappa shape index (κ3) is 5.44. The Hall–Kier alpha value is -2.14. The minimum absolute atomic E-state index is 0.0362. The Morgan fingerprint density at radius 2 is 2.00 bits per heavy atom. The van der Waals surface area contributed by atoms with Crippen LogP contribution in [0.2, 0.25) is 0 Å². The van der Waals surface area contributed by atoms with Gasteiger partial charge in [0.25, 0.3) is 11.0 Å². The Morgan fingerprint density at radius 3 is 2.71 bits per heavy atom. The number of carboxylic acids is 1. The van der Waals surface area contributed by atoms with Crippen molar-refractivity contribution in [3.8, 4) is 0 Å². The molecule has 9 nitrogen and oxygen atoms in total. The molecule has 0 atom stereocenters. The Kier molecular flexibility index (Phi) is 7.26. The highest BCUT2D eigenvalue weighted by Gasteiger charge is 2.16. The van der Waals surface area contributed by atoms with E-state index < -0.39 is 17.0 Å². The third-order valence-corrected chi connectivity index (χ3v) is 5.13. The van der Waals surface area contributed by atoms with E-state index in [0.29, 0.717) is 26.3 Å². The van der Waals surface area contributed by atoms with Gasteiger partial charge >= 0.3 is 5.97 Å². The lowest BCUT2D eigenvalue weighted by Gasteiger charge is -2.30. The Labute approximate surface area is 165 Å². The number of nitrogens with zero attached hydrogens (tertiary/aromatic N) is 3. The molecule has 2 aromatic rings. The molecule has 1 aliphatic heterocycles. The van der Waals surface area contributed by atoms with Crippen LogP contribution in [0.3, 0.4) is 0 Å². The fourth-order valence-electron chi connectivity index (χ4n) is 3.35. The average Bonchev–Trinajstić information content (AvgIpc) is 3.10. The number of carbonyl (C=O) groups is 1. The first kappa shape index (κ1) is 20.6. The molecule has 10 heteroatoms. The van der Waals surface area contributed by atoms with Gasteiger partial charge in [-0.1, -0.05) is 6.07 Å². The summed E-state index contributed by atoms with van der Waals surface area (Å²) in [5, 5.41) is 9.86. The molecule has 1 saturated heterocycles. The zero-order chi connectivity index (χ0) is 19.9. The predicted octanol–water partition coefficient (Wildman–Crippen LogP) is 0.755. The van der Waals surface area contributed by atoms with E-state index in [2.05, 4.69) is 4.90 Å². The molecular formula is C18H25N3O6S. The maximum atomic E-state index is 11.0. The lowest BCUT2D eigenvalue weighted by Crippen LogP contribution is -2.42. The van der Waals surface area contributed by atoms with Crippen LogP contribution < -0.4 is 4.90 Å². The van der Waals surface area contributed by atoms with Crippen molar-refractivity contribution in [2.45, 2.75) is 13.0 Å². The SMILES string of the molecule is O=C(O)CCn1ccc2c(N(CCN3CCOCC3)CO[SH](=O)=O)cccc21. The van der Waals surface area contributed by atoms with Gasteiger partial charge in [0.15, 0.2) is 0 Å². The summed E-state index contributed by atoms with van der Waals surface area (Å²) in [5.74, 6) is -0.849. The molecule has 3 rings (SSSR count). The number of hydrogen-bond donors (Lipinski definition) is 2. The molecule has 1 fully saturated rings. The van der Waals surface area contributed by atoms with E-state index in [1.54, 1.807) is 0 Å². The van der Waals surface area contributed by atoms with E-state index in [4.69, 9.17) is 14.0 Å². The zero-order valence-electron chi connectivity index (χ0n) is 15.5. The molecule has 0 amide bonds. The van der Waals surface area contributed by atoms with E-state index >= 15 is 0 Å². The van der Waals surface area contributed by atoms with Gasteiger partial charge in [0.1, 0.15) is 6.73 Å². The average molecular weight is 411 g/mol. The van der Waals surface area contributed by atoms with Gasteiger partial charge < -0.3 is 19.3 Å². The van der Waals surface area contributed by atoms with Crippen LogP contribution in [0, 0.1) is 0 Å². The van der Waals surface area contributed by atoms with Gasteiger partial charge in [-0.2, -0.15) is 0 Å². The van der Waals surface area contributed by atoms with Crippen molar-refractivity contribution in [2.24, 2.45) is 0 Å². The highest BCUT2D eigenvalue weighted by atomic mass is 32.2. The number of morpholine rings is 1. The Balaban J connectivity index is 1.81. The van der Waals surface area contributed by atoms with E-state index in [0.717, 1.165) is 36.2 Å². The monoisotopic (exact) mass is 411 g/mol. The van der Waals surface area contributed by atoms with Gasteiger partial charge in [0, 0.05) is 50.0 Å². The fraction of sp³-hybridized carbons (Fsp3) is 0.500. The number of ether oxygens (including phenoxy) is 1. The van der Waals surface area contributed by atoms with Crippen molar-refractivity contribution >= 4 is 33.5 Å². The maximum absolute atomic E-state index is 11.0. The van der Waals surface area contributed by atoms with Gasteiger partial charge in [-0.15, -0.1) is 0 Å². The second-order valence-corrected chi connectivity index (χ2v) is 7.27. The molecular weight excluding hydrogens is 386 g/mol. The molecule has 0 spiro atoms. The van der Waals surface area contributed by atoms with Gasteiger partial charge in [-0.25, -0.2) is 8.42 Å². The molecule has 1 aliphatic rings. The van der Waals surface area contributed by atoms with Gasteiger partial charge in [0.2, 0.25) is 0 Å². The van der Waals surface area contributed by atoms with Crippen LogP contribution in [0.4, 0.5) is 5.69 Å². The van der Waals surface area contributed by atoms with E-state index in [-0.39, 0.29) is 13.2 Å². The first-order valence-electron chi connectivity index (χ1n) is 9.16. The lowest BCUT2D eigenvalue weighted by molar-refractivity contribution is -0.137. The maximum Gasteiger partial charge on any atom is 0.305 e. The number of hydrogen-bond acceptors (Lipinski definition) is 7. The summed E-state index contributed by atoms with van der Waals surface area (Å²) in [4.78, 5) is 15.0. The zero-order valence-corrected chi connectivity index (χ0v) is 16.4. The molecule has 1 aromatic carbocycles. The first-order chi connectivity index (χ1) is 13.5. The minimum atomic E-state index is -2.95. The smallest absolute Gasteiger partial charge is 0.305 e. The molecule has 0 unspecified atom stereocenters. The van der Waals surface area contributed by atoms with E-state index in [9.17, 15) is 13.2 Å². The first-order valence-corrected chi connectivity index (χ1v) is 10.3. The van der Waals surface area contributed by atoms with Crippen LogP contribution >= 0.6 is 0 Å². The number of rotatable bonds is 10. The standard InChI is InChI=1S/C18H25N3O6S/c22-18(23)5-7-20-6-4-15-16(20)2-1-3-17(15)21(14-27-28(24)25)9-8-19-10-12-26-13-11-19/h1-4,6,28H,5,7-14H2,(H,22,23). The Bertz CT molecular complexity index is 867. The number of fused-ring (bicyclic) bond motifs is 1. The molecule has 1 N–H and O–H groups in total. The second kappa shape index (κ2) is 9.87.